The average molecular weight is 340 g/mol. The lowest BCUT2D eigenvalue weighted by molar-refractivity contribution is -0.00546. The predicted molar refractivity (Wildman–Crippen MR) is 96.6 cm³/mol. The molecule has 1 aliphatic heterocycles. The van der Waals surface area contributed by atoms with E-state index in [0.29, 0.717) is 12.2 Å². The summed E-state index contributed by atoms with van der Waals surface area (Å²) in [5.74, 6) is 0.765. The van der Waals surface area contributed by atoms with Crippen LogP contribution in [0.5, 0.6) is 0 Å². The molecule has 6 nitrogen and oxygen atoms in total. The molecule has 0 radical (unpaired) electrons. The molecule has 2 atom stereocenters. The summed E-state index contributed by atoms with van der Waals surface area (Å²) in [5.41, 5.74) is 2.22. The maximum atomic E-state index is 12.1. The zero-order valence-electron chi connectivity index (χ0n) is 14.9. The van der Waals surface area contributed by atoms with Gasteiger partial charge >= 0.3 is 0 Å². The minimum Gasteiger partial charge on any atom is -0.372 e. The molecule has 0 bridgehead atoms. The number of aryl methyl sites for hydroxylation is 1. The molecule has 0 saturated carbocycles. The van der Waals surface area contributed by atoms with E-state index in [9.17, 15) is 4.79 Å². The molecule has 0 aromatic carbocycles. The minimum atomic E-state index is -0.177. The van der Waals surface area contributed by atoms with Gasteiger partial charge in [-0.1, -0.05) is 12.1 Å². The Labute approximate surface area is 148 Å². The second-order valence-corrected chi connectivity index (χ2v) is 6.53. The van der Waals surface area contributed by atoms with Crippen LogP contribution in [0.1, 0.15) is 35.6 Å². The van der Waals surface area contributed by atoms with Crippen molar-refractivity contribution in [3.8, 4) is 0 Å². The quantitative estimate of drug-likeness (QED) is 0.925. The standard InChI is InChI=1S/C19H24N4O2/c1-13-5-4-6-17(22-13)19(24)21-10-16-7-8-18(20-9-16)23-11-14(2)25-15(3)12-23/h4-9,14-15H,10-12H2,1-3H3,(H,21,24). The number of carbonyl (C=O) groups excluding carboxylic acids is 1. The molecule has 0 aliphatic carbocycles. The highest BCUT2D eigenvalue weighted by molar-refractivity contribution is 5.92. The second kappa shape index (κ2) is 7.61. The van der Waals surface area contributed by atoms with E-state index >= 15 is 0 Å². The monoisotopic (exact) mass is 340 g/mol. The lowest BCUT2D eigenvalue weighted by Crippen LogP contribution is -2.45. The van der Waals surface area contributed by atoms with Gasteiger partial charge in [0, 0.05) is 31.5 Å². The first-order valence-corrected chi connectivity index (χ1v) is 8.58. The number of ether oxygens (including phenoxy) is 1. The molecule has 1 fully saturated rings. The molecule has 1 aliphatic rings. The molecule has 6 heteroatoms. The number of amides is 1. The Morgan fingerprint density at radius 1 is 1.24 bits per heavy atom. The summed E-state index contributed by atoms with van der Waals surface area (Å²) in [6.45, 7) is 8.13. The number of anilines is 1. The van der Waals surface area contributed by atoms with Gasteiger partial charge in [0.05, 0.1) is 12.2 Å². The summed E-state index contributed by atoms with van der Waals surface area (Å²) in [5, 5.41) is 2.88. The van der Waals surface area contributed by atoms with Crippen LogP contribution >= 0.6 is 0 Å². The largest absolute Gasteiger partial charge is 0.372 e. The highest BCUT2D eigenvalue weighted by Gasteiger charge is 2.22. The van der Waals surface area contributed by atoms with Gasteiger partial charge in [-0.25, -0.2) is 9.97 Å². The number of aromatic nitrogens is 2. The van der Waals surface area contributed by atoms with E-state index in [1.165, 1.54) is 0 Å². The van der Waals surface area contributed by atoms with Crippen LogP contribution in [-0.2, 0) is 11.3 Å². The van der Waals surface area contributed by atoms with E-state index in [0.717, 1.165) is 30.2 Å². The molecule has 2 aromatic rings. The van der Waals surface area contributed by atoms with Crippen molar-refractivity contribution >= 4 is 11.7 Å². The van der Waals surface area contributed by atoms with Gasteiger partial charge in [-0.2, -0.15) is 0 Å². The lowest BCUT2D eigenvalue weighted by atomic mass is 10.2. The molecular formula is C19H24N4O2. The zero-order chi connectivity index (χ0) is 17.8. The number of hydrogen-bond donors (Lipinski definition) is 1. The molecule has 3 heterocycles. The fourth-order valence-corrected chi connectivity index (χ4v) is 3.02. The van der Waals surface area contributed by atoms with Crippen LogP contribution in [0.15, 0.2) is 36.5 Å². The molecule has 2 aromatic heterocycles. The van der Waals surface area contributed by atoms with Crippen molar-refractivity contribution in [2.45, 2.75) is 39.5 Å². The Balaban J connectivity index is 1.58. The first-order chi connectivity index (χ1) is 12.0. The van der Waals surface area contributed by atoms with Crippen LogP contribution in [0.3, 0.4) is 0 Å². The average Bonchev–Trinajstić information content (AvgIpc) is 2.59. The van der Waals surface area contributed by atoms with Crippen LogP contribution in [0, 0.1) is 6.92 Å². The summed E-state index contributed by atoms with van der Waals surface area (Å²) in [7, 11) is 0. The van der Waals surface area contributed by atoms with Gasteiger partial charge < -0.3 is 15.0 Å². The molecule has 1 saturated heterocycles. The van der Waals surface area contributed by atoms with Crippen LogP contribution in [0.2, 0.25) is 0 Å². The van der Waals surface area contributed by atoms with Gasteiger partial charge in [-0.15, -0.1) is 0 Å². The third kappa shape index (κ3) is 4.54. The van der Waals surface area contributed by atoms with Crippen molar-refractivity contribution in [3.63, 3.8) is 0 Å². The lowest BCUT2D eigenvalue weighted by Gasteiger charge is -2.36. The molecule has 0 spiro atoms. The van der Waals surface area contributed by atoms with E-state index in [1.54, 1.807) is 6.07 Å². The maximum absolute atomic E-state index is 12.1. The van der Waals surface area contributed by atoms with Gasteiger partial charge in [-0.3, -0.25) is 4.79 Å². The first kappa shape index (κ1) is 17.4. The molecule has 132 valence electrons. The fourth-order valence-electron chi connectivity index (χ4n) is 3.02. The van der Waals surface area contributed by atoms with Crippen LogP contribution < -0.4 is 10.2 Å². The molecule has 25 heavy (non-hydrogen) atoms. The van der Waals surface area contributed by atoms with Crippen LogP contribution in [0.4, 0.5) is 5.82 Å². The van der Waals surface area contributed by atoms with Crippen LogP contribution in [-0.4, -0.2) is 41.2 Å². The second-order valence-electron chi connectivity index (χ2n) is 6.53. The third-order valence-electron chi connectivity index (χ3n) is 4.13. The van der Waals surface area contributed by atoms with Gasteiger partial charge in [0.2, 0.25) is 0 Å². The number of nitrogens with zero attached hydrogens (tertiary/aromatic N) is 3. The Hall–Kier alpha value is -2.47. The number of pyridine rings is 2. The molecule has 1 amide bonds. The normalized spacial score (nSPS) is 20.4. The van der Waals surface area contributed by atoms with E-state index in [1.807, 2.05) is 37.4 Å². The third-order valence-corrected chi connectivity index (χ3v) is 4.13. The zero-order valence-corrected chi connectivity index (χ0v) is 14.9. The molecular weight excluding hydrogens is 316 g/mol. The number of morpholine rings is 1. The molecule has 2 unspecified atom stereocenters. The highest BCUT2D eigenvalue weighted by atomic mass is 16.5. The molecule has 3 rings (SSSR count). The van der Waals surface area contributed by atoms with Crippen molar-refractivity contribution in [1.82, 2.24) is 15.3 Å². The van der Waals surface area contributed by atoms with Crippen molar-refractivity contribution in [2.75, 3.05) is 18.0 Å². The Morgan fingerprint density at radius 3 is 2.64 bits per heavy atom. The summed E-state index contributed by atoms with van der Waals surface area (Å²) in [6, 6.07) is 9.41. The van der Waals surface area contributed by atoms with Gasteiger partial charge in [-0.05, 0) is 44.5 Å². The van der Waals surface area contributed by atoms with Crippen molar-refractivity contribution in [2.24, 2.45) is 0 Å². The van der Waals surface area contributed by atoms with E-state index < -0.39 is 0 Å². The number of nitrogens with one attached hydrogen (secondary N) is 1. The van der Waals surface area contributed by atoms with Gasteiger partial charge in [0.1, 0.15) is 11.5 Å². The van der Waals surface area contributed by atoms with E-state index in [4.69, 9.17) is 4.74 Å². The Bertz CT molecular complexity index is 722. The summed E-state index contributed by atoms with van der Waals surface area (Å²) in [6.07, 6.45) is 2.21. The molecule has 1 N–H and O–H groups in total. The number of hydrogen-bond acceptors (Lipinski definition) is 5. The Kier molecular flexibility index (Phi) is 5.28. The van der Waals surface area contributed by atoms with Crippen LogP contribution in [0.25, 0.3) is 0 Å². The summed E-state index contributed by atoms with van der Waals surface area (Å²) < 4.78 is 5.75. The van der Waals surface area contributed by atoms with Crippen molar-refractivity contribution < 1.29 is 9.53 Å². The topological polar surface area (TPSA) is 67.4 Å². The van der Waals surface area contributed by atoms with E-state index in [2.05, 4.69) is 34.0 Å². The SMILES string of the molecule is Cc1cccc(C(=O)NCc2ccc(N3CC(C)OC(C)C3)nc2)n1. The maximum Gasteiger partial charge on any atom is 0.270 e. The van der Waals surface area contributed by atoms with Gasteiger partial charge in [0.25, 0.3) is 5.91 Å². The minimum absolute atomic E-state index is 0.177. The smallest absolute Gasteiger partial charge is 0.270 e. The summed E-state index contributed by atoms with van der Waals surface area (Å²) in [4.78, 5) is 23.1. The fraction of sp³-hybridized carbons (Fsp3) is 0.421. The first-order valence-electron chi connectivity index (χ1n) is 8.58. The van der Waals surface area contributed by atoms with Crippen molar-refractivity contribution in [1.29, 1.82) is 0 Å². The Morgan fingerprint density at radius 2 is 2.00 bits per heavy atom. The van der Waals surface area contributed by atoms with E-state index in [-0.39, 0.29) is 18.1 Å². The number of rotatable bonds is 4. The predicted octanol–water partition coefficient (Wildman–Crippen LogP) is 2.33. The summed E-state index contributed by atoms with van der Waals surface area (Å²) >= 11 is 0. The van der Waals surface area contributed by atoms with Gasteiger partial charge in [0.15, 0.2) is 0 Å². The van der Waals surface area contributed by atoms with Crippen molar-refractivity contribution in [3.05, 3.63) is 53.5 Å². The highest BCUT2D eigenvalue weighted by Crippen LogP contribution is 2.18. The number of carbonyl (C=O) groups is 1.